The molecule has 81 valence electrons. The van der Waals surface area contributed by atoms with Crippen LogP contribution in [0.4, 0.5) is 8.78 Å². The van der Waals surface area contributed by atoms with E-state index in [9.17, 15) is 8.78 Å². The maximum absolute atomic E-state index is 13.0. The second-order valence-corrected chi connectivity index (χ2v) is 3.50. The largest absolute Gasteiger partial charge is 0.261 e. The first-order valence-electron chi connectivity index (χ1n) is 4.88. The van der Waals surface area contributed by atoms with Crippen LogP contribution in [0.15, 0.2) is 36.5 Å². The number of nitrogens with zero attached hydrogens (tertiary/aromatic N) is 1. The molecule has 3 heteroatoms. The van der Waals surface area contributed by atoms with Crippen molar-refractivity contribution in [3.8, 4) is 0 Å². The predicted molar refractivity (Wildman–Crippen MR) is 57.8 cm³/mol. The Morgan fingerprint density at radius 3 is 2.62 bits per heavy atom. The van der Waals surface area contributed by atoms with Crippen LogP contribution in [0.3, 0.4) is 0 Å². The zero-order valence-corrected chi connectivity index (χ0v) is 8.74. The Hall–Kier alpha value is -1.77. The number of aromatic nitrogens is 1. The molecule has 0 aliphatic carbocycles. The van der Waals surface area contributed by atoms with E-state index in [0.29, 0.717) is 5.56 Å². The Balaban J connectivity index is 2.28. The molecule has 1 aromatic carbocycles. The monoisotopic (exact) mass is 218 g/mol. The summed E-state index contributed by atoms with van der Waals surface area (Å²) in [5, 5.41) is 0. The molecule has 0 amide bonds. The summed E-state index contributed by atoms with van der Waals surface area (Å²) in [5.74, 6) is -1.67. The summed E-state index contributed by atoms with van der Waals surface area (Å²) >= 11 is 0. The molecule has 0 aliphatic rings. The molecule has 16 heavy (non-hydrogen) atoms. The molecule has 1 radical (unpaired) electrons. The summed E-state index contributed by atoms with van der Waals surface area (Å²) in [7, 11) is 0. The summed E-state index contributed by atoms with van der Waals surface area (Å²) in [6, 6.07) is 7.50. The molecule has 0 spiro atoms. The number of benzene rings is 1. The van der Waals surface area contributed by atoms with Crippen LogP contribution in [0.1, 0.15) is 16.8 Å². The summed E-state index contributed by atoms with van der Waals surface area (Å²) in [4.78, 5) is 4.12. The summed E-state index contributed by atoms with van der Waals surface area (Å²) in [5.41, 5.74) is 2.37. The van der Waals surface area contributed by atoms with Gasteiger partial charge in [0, 0.05) is 18.3 Å². The minimum absolute atomic E-state index is 0.620. The van der Waals surface area contributed by atoms with Gasteiger partial charge in [-0.2, -0.15) is 0 Å². The van der Waals surface area contributed by atoms with E-state index in [1.165, 1.54) is 12.1 Å². The van der Waals surface area contributed by atoms with E-state index in [2.05, 4.69) is 4.98 Å². The van der Waals surface area contributed by atoms with E-state index in [1.54, 1.807) is 18.7 Å². The maximum Gasteiger partial charge on any atom is 0.159 e. The first-order valence-corrected chi connectivity index (χ1v) is 4.88. The molecule has 1 aromatic heterocycles. The van der Waals surface area contributed by atoms with Crippen LogP contribution in [-0.4, -0.2) is 4.98 Å². The zero-order chi connectivity index (χ0) is 11.5. The maximum atomic E-state index is 13.0. The van der Waals surface area contributed by atoms with Crippen molar-refractivity contribution in [2.24, 2.45) is 0 Å². The lowest BCUT2D eigenvalue weighted by atomic mass is 10.0. The van der Waals surface area contributed by atoms with Crippen molar-refractivity contribution in [3.05, 3.63) is 71.4 Å². The standard InChI is InChI=1S/C13H10F2N/c1-9-11(3-2-6-16-9)7-10-4-5-12(14)13(15)8-10/h2-8H,1H3. The van der Waals surface area contributed by atoms with Crippen molar-refractivity contribution in [3.63, 3.8) is 0 Å². The highest BCUT2D eigenvalue weighted by atomic mass is 19.2. The third-order valence-corrected chi connectivity index (χ3v) is 2.31. The molecule has 0 N–H and O–H groups in total. The number of halogens is 2. The van der Waals surface area contributed by atoms with Crippen LogP contribution in [0.5, 0.6) is 0 Å². The minimum atomic E-state index is -0.838. The number of pyridine rings is 1. The smallest absolute Gasteiger partial charge is 0.159 e. The molecule has 0 bridgehead atoms. The minimum Gasteiger partial charge on any atom is -0.261 e. The van der Waals surface area contributed by atoms with E-state index >= 15 is 0 Å². The number of hydrogen-bond acceptors (Lipinski definition) is 1. The Morgan fingerprint density at radius 1 is 1.12 bits per heavy atom. The van der Waals surface area contributed by atoms with Gasteiger partial charge in [-0.25, -0.2) is 8.78 Å². The molecule has 0 atom stereocenters. The van der Waals surface area contributed by atoms with Crippen LogP contribution in [0, 0.1) is 25.0 Å². The fourth-order valence-corrected chi connectivity index (χ4v) is 1.43. The average molecular weight is 218 g/mol. The number of aryl methyl sites for hydroxylation is 1. The third-order valence-electron chi connectivity index (χ3n) is 2.31. The van der Waals surface area contributed by atoms with Gasteiger partial charge in [-0.05, 0) is 36.2 Å². The fourth-order valence-electron chi connectivity index (χ4n) is 1.43. The van der Waals surface area contributed by atoms with Crippen LogP contribution in [-0.2, 0) is 0 Å². The second-order valence-electron chi connectivity index (χ2n) is 3.50. The zero-order valence-electron chi connectivity index (χ0n) is 8.74. The van der Waals surface area contributed by atoms with Crippen LogP contribution < -0.4 is 0 Å². The molecule has 0 fully saturated rings. The van der Waals surface area contributed by atoms with Gasteiger partial charge in [0.05, 0.1) is 0 Å². The van der Waals surface area contributed by atoms with Gasteiger partial charge in [-0.1, -0.05) is 12.1 Å². The lowest BCUT2D eigenvalue weighted by molar-refractivity contribution is 0.508. The molecule has 0 saturated carbocycles. The molecule has 2 aromatic rings. The van der Waals surface area contributed by atoms with Crippen molar-refractivity contribution in [2.75, 3.05) is 0 Å². The van der Waals surface area contributed by atoms with Crippen LogP contribution in [0.25, 0.3) is 0 Å². The first-order chi connectivity index (χ1) is 7.66. The highest BCUT2D eigenvalue weighted by molar-refractivity contribution is 5.38. The van der Waals surface area contributed by atoms with Gasteiger partial charge in [0.2, 0.25) is 0 Å². The average Bonchev–Trinajstić information content (AvgIpc) is 2.27. The molecule has 0 aliphatic heterocycles. The molecule has 1 heterocycles. The Kier molecular flexibility index (Phi) is 2.95. The van der Waals surface area contributed by atoms with Crippen molar-refractivity contribution in [2.45, 2.75) is 6.92 Å². The highest BCUT2D eigenvalue weighted by Crippen LogP contribution is 2.16. The van der Waals surface area contributed by atoms with Crippen molar-refractivity contribution >= 4 is 0 Å². The van der Waals surface area contributed by atoms with Gasteiger partial charge in [0.1, 0.15) is 0 Å². The van der Waals surface area contributed by atoms with Gasteiger partial charge in [0.15, 0.2) is 11.6 Å². The molecule has 0 saturated heterocycles. The van der Waals surface area contributed by atoms with Gasteiger partial charge in [-0.3, -0.25) is 4.98 Å². The lowest BCUT2D eigenvalue weighted by Gasteiger charge is -2.04. The van der Waals surface area contributed by atoms with Crippen molar-refractivity contribution < 1.29 is 8.78 Å². The highest BCUT2D eigenvalue weighted by Gasteiger charge is 2.05. The summed E-state index contributed by atoms with van der Waals surface area (Å²) in [6.07, 6.45) is 3.46. The van der Waals surface area contributed by atoms with E-state index in [4.69, 9.17) is 0 Å². The van der Waals surface area contributed by atoms with Gasteiger partial charge in [-0.15, -0.1) is 0 Å². The molecule has 0 unspecified atom stereocenters. The molecular weight excluding hydrogens is 208 g/mol. The van der Waals surface area contributed by atoms with E-state index in [0.717, 1.165) is 17.3 Å². The third kappa shape index (κ3) is 2.24. The number of hydrogen-bond donors (Lipinski definition) is 0. The fraction of sp³-hybridized carbons (Fsp3) is 0.0769. The van der Waals surface area contributed by atoms with Gasteiger partial charge in [0.25, 0.3) is 0 Å². The summed E-state index contributed by atoms with van der Waals surface area (Å²) < 4.78 is 25.7. The quantitative estimate of drug-likeness (QED) is 0.753. The SMILES string of the molecule is Cc1ncccc1[CH]c1ccc(F)c(F)c1. The Morgan fingerprint density at radius 2 is 1.94 bits per heavy atom. The molecular formula is C13H10F2N. The topological polar surface area (TPSA) is 12.9 Å². The van der Waals surface area contributed by atoms with E-state index < -0.39 is 11.6 Å². The van der Waals surface area contributed by atoms with Gasteiger partial charge < -0.3 is 0 Å². The normalized spacial score (nSPS) is 10.4. The Bertz CT molecular complexity index is 509. The van der Waals surface area contributed by atoms with Gasteiger partial charge >= 0.3 is 0 Å². The summed E-state index contributed by atoms with van der Waals surface area (Å²) in [6.45, 7) is 1.87. The number of rotatable bonds is 2. The second kappa shape index (κ2) is 4.39. The Labute approximate surface area is 92.8 Å². The van der Waals surface area contributed by atoms with Crippen LogP contribution >= 0.6 is 0 Å². The predicted octanol–water partition coefficient (Wildman–Crippen LogP) is 3.27. The van der Waals surface area contributed by atoms with Crippen LogP contribution in [0.2, 0.25) is 0 Å². The van der Waals surface area contributed by atoms with Crippen molar-refractivity contribution in [1.82, 2.24) is 4.98 Å². The first kappa shape index (κ1) is 10.7. The van der Waals surface area contributed by atoms with Crippen molar-refractivity contribution in [1.29, 1.82) is 0 Å². The van der Waals surface area contributed by atoms with E-state index in [1.807, 2.05) is 13.0 Å². The molecule has 1 nitrogen and oxygen atoms in total. The lowest BCUT2D eigenvalue weighted by Crippen LogP contribution is -1.93. The van der Waals surface area contributed by atoms with E-state index in [-0.39, 0.29) is 0 Å². The molecule has 2 rings (SSSR count).